The minimum atomic E-state index is -0.840. The van der Waals surface area contributed by atoms with Gasteiger partial charge in [-0.25, -0.2) is 0 Å². The van der Waals surface area contributed by atoms with Crippen molar-refractivity contribution in [3.63, 3.8) is 0 Å². The topological polar surface area (TPSA) is 55.1 Å². The summed E-state index contributed by atoms with van der Waals surface area (Å²) in [6, 6.07) is 2.27. The number of carbonyl (C=O) groups excluding carboxylic acids is 1. The molecule has 0 spiro atoms. The number of aromatic nitrogens is 2. The van der Waals surface area contributed by atoms with Crippen LogP contribution in [0.1, 0.15) is 58.2 Å². The van der Waals surface area contributed by atoms with Crippen LogP contribution in [0.15, 0.2) is 12.3 Å². The van der Waals surface area contributed by atoms with Gasteiger partial charge in [0, 0.05) is 6.20 Å². The number of Topliss-reactive ketones (excluding diaryl/α,β-unsaturated/α-hetero) is 1. The van der Waals surface area contributed by atoms with Crippen molar-refractivity contribution in [2.45, 2.75) is 65.0 Å². The van der Waals surface area contributed by atoms with Crippen LogP contribution in [0.4, 0.5) is 0 Å². The second-order valence-electron chi connectivity index (χ2n) is 4.70. The van der Waals surface area contributed by atoms with Gasteiger partial charge in [-0.3, -0.25) is 9.48 Å². The van der Waals surface area contributed by atoms with Gasteiger partial charge in [-0.2, -0.15) is 5.10 Å². The fourth-order valence-electron chi connectivity index (χ4n) is 2.07. The third kappa shape index (κ3) is 3.95. The molecule has 0 radical (unpaired) electrons. The lowest BCUT2D eigenvalue weighted by molar-refractivity contribution is -0.126. The quantitative estimate of drug-likeness (QED) is 0.773. The zero-order chi connectivity index (χ0) is 13.5. The van der Waals surface area contributed by atoms with Crippen LogP contribution < -0.4 is 0 Å². The molecule has 0 bridgehead atoms. The summed E-state index contributed by atoms with van der Waals surface area (Å²) in [6.07, 6.45) is 4.73. The van der Waals surface area contributed by atoms with Gasteiger partial charge in [-0.1, -0.05) is 27.2 Å². The molecule has 0 aliphatic rings. The number of ketones is 1. The fourth-order valence-corrected chi connectivity index (χ4v) is 2.07. The molecule has 0 amide bonds. The Morgan fingerprint density at radius 3 is 2.61 bits per heavy atom. The van der Waals surface area contributed by atoms with E-state index in [1.807, 2.05) is 23.9 Å². The SMILES string of the molecule is CCCC(O)C(=O)Cc1ccn(C(CC)CC)n1. The summed E-state index contributed by atoms with van der Waals surface area (Å²) in [5, 5.41) is 14.0. The number of hydrogen-bond acceptors (Lipinski definition) is 3. The van der Waals surface area contributed by atoms with Crippen LogP contribution in [-0.4, -0.2) is 26.8 Å². The predicted molar refractivity (Wildman–Crippen MR) is 71.5 cm³/mol. The number of rotatable bonds is 8. The van der Waals surface area contributed by atoms with E-state index in [1.54, 1.807) is 0 Å². The molecule has 0 aliphatic heterocycles. The third-order valence-electron chi connectivity index (χ3n) is 3.27. The Morgan fingerprint density at radius 1 is 1.39 bits per heavy atom. The summed E-state index contributed by atoms with van der Waals surface area (Å²) in [5.74, 6) is -0.133. The van der Waals surface area contributed by atoms with Crippen molar-refractivity contribution in [1.82, 2.24) is 9.78 Å². The molecule has 0 saturated carbocycles. The lowest BCUT2D eigenvalue weighted by Crippen LogP contribution is -2.22. The van der Waals surface area contributed by atoms with E-state index >= 15 is 0 Å². The lowest BCUT2D eigenvalue weighted by Gasteiger charge is -2.12. The van der Waals surface area contributed by atoms with E-state index in [0.717, 1.165) is 25.0 Å². The molecule has 102 valence electrons. The zero-order valence-corrected chi connectivity index (χ0v) is 11.6. The average Bonchev–Trinajstić information content (AvgIpc) is 2.79. The van der Waals surface area contributed by atoms with E-state index in [2.05, 4.69) is 18.9 Å². The maximum absolute atomic E-state index is 11.7. The van der Waals surface area contributed by atoms with Gasteiger partial charge in [-0.05, 0) is 25.3 Å². The van der Waals surface area contributed by atoms with Crippen molar-refractivity contribution in [3.05, 3.63) is 18.0 Å². The van der Waals surface area contributed by atoms with Crippen LogP contribution in [-0.2, 0) is 11.2 Å². The first-order valence-electron chi connectivity index (χ1n) is 6.87. The molecule has 1 aromatic heterocycles. The van der Waals surface area contributed by atoms with E-state index in [0.29, 0.717) is 12.5 Å². The van der Waals surface area contributed by atoms with Gasteiger partial charge in [0.1, 0.15) is 6.10 Å². The molecule has 1 atom stereocenters. The molecule has 0 aliphatic carbocycles. The molecule has 1 heterocycles. The first-order valence-corrected chi connectivity index (χ1v) is 6.87. The van der Waals surface area contributed by atoms with Crippen molar-refractivity contribution in [2.24, 2.45) is 0 Å². The Bertz CT molecular complexity index is 370. The molecule has 0 aromatic carbocycles. The van der Waals surface area contributed by atoms with Crippen molar-refractivity contribution >= 4 is 5.78 Å². The highest BCUT2D eigenvalue weighted by Gasteiger charge is 2.16. The van der Waals surface area contributed by atoms with Crippen LogP contribution in [0.3, 0.4) is 0 Å². The number of nitrogens with zero attached hydrogens (tertiary/aromatic N) is 2. The summed E-state index contributed by atoms with van der Waals surface area (Å²) in [5.41, 5.74) is 0.752. The van der Waals surface area contributed by atoms with Gasteiger partial charge in [0.05, 0.1) is 18.2 Å². The first kappa shape index (κ1) is 14.9. The number of aliphatic hydroxyl groups is 1. The maximum atomic E-state index is 11.7. The molecule has 0 saturated heterocycles. The minimum Gasteiger partial charge on any atom is -0.385 e. The van der Waals surface area contributed by atoms with E-state index in [1.165, 1.54) is 0 Å². The van der Waals surface area contributed by atoms with Gasteiger partial charge in [0.15, 0.2) is 5.78 Å². The van der Waals surface area contributed by atoms with E-state index in [-0.39, 0.29) is 12.2 Å². The molecule has 4 heteroatoms. The highest BCUT2D eigenvalue weighted by atomic mass is 16.3. The van der Waals surface area contributed by atoms with Crippen LogP contribution in [0.25, 0.3) is 0 Å². The van der Waals surface area contributed by atoms with Gasteiger partial charge in [0.25, 0.3) is 0 Å². The van der Waals surface area contributed by atoms with Crippen molar-refractivity contribution < 1.29 is 9.90 Å². The summed E-state index contributed by atoms with van der Waals surface area (Å²) < 4.78 is 1.93. The molecule has 0 fully saturated rings. The Morgan fingerprint density at radius 2 is 2.06 bits per heavy atom. The normalized spacial score (nSPS) is 12.9. The highest BCUT2D eigenvalue weighted by molar-refractivity contribution is 5.84. The zero-order valence-electron chi connectivity index (χ0n) is 11.6. The van der Waals surface area contributed by atoms with Crippen molar-refractivity contribution in [2.75, 3.05) is 0 Å². The molecular formula is C14H24N2O2. The third-order valence-corrected chi connectivity index (χ3v) is 3.27. The molecule has 1 unspecified atom stereocenters. The van der Waals surface area contributed by atoms with Gasteiger partial charge in [0.2, 0.25) is 0 Å². The Hall–Kier alpha value is -1.16. The molecule has 18 heavy (non-hydrogen) atoms. The largest absolute Gasteiger partial charge is 0.385 e. The second kappa shape index (κ2) is 7.31. The smallest absolute Gasteiger partial charge is 0.167 e. The van der Waals surface area contributed by atoms with Crippen LogP contribution >= 0.6 is 0 Å². The van der Waals surface area contributed by atoms with E-state index < -0.39 is 6.10 Å². The number of hydrogen-bond donors (Lipinski definition) is 1. The van der Waals surface area contributed by atoms with Crippen molar-refractivity contribution in [3.8, 4) is 0 Å². The predicted octanol–water partition coefficient (Wildman–Crippen LogP) is 2.52. The summed E-state index contributed by atoms with van der Waals surface area (Å²) >= 11 is 0. The van der Waals surface area contributed by atoms with E-state index in [4.69, 9.17) is 0 Å². The van der Waals surface area contributed by atoms with Gasteiger partial charge < -0.3 is 5.11 Å². The minimum absolute atomic E-state index is 0.133. The highest BCUT2D eigenvalue weighted by Crippen LogP contribution is 2.15. The second-order valence-corrected chi connectivity index (χ2v) is 4.70. The molecule has 1 aromatic rings. The standard InChI is InChI=1S/C14H24N2O2/c1-4-7-13(17)14(18)10-11-8-9-16(15-11)12(5-2)6-3/h8-9,12-13,17H,4-7,10H2,1-3H3. The van der Waals surface area contributed by atoms with Gasteiger partial charge >= 0.3 is 0 Å². The lowest BCUT2D eigenvalue weighted by atomic mass is 10.1. The van der Waals surface area contributed by atoms with E-state index in [9.17, 15) is 9.90 Å². The molecule has 1 N–H and O–H groups in total. The molecular weight excluding hydrogens is 228 g/mol. The first-order chi connectivity index (χ1) is 8.62. The summed E-state index contributed by atoms with van der Waals surface area (Å²) in [6.45, 7) is 6.22. The Labute approximate surface area is 109 Å². The van der Waals surface area contributed by atoms with Crippen LogP contribution in [0, 0.1) is 0 Å². The monoisotopic (exact) mass is 252 g/mol. The Kier molecular flexibility index (Phi) is 6.05. The summed E-state index contributed by atoms with van der Waals surface area (Å²) in [4.78, 5) is 11.7. The average molecular weight is 252 g/mol. The summed E-state index contributed by atoms with van der Waals surface area (Å²) in [7, 11) is 0. The number of carbonyl (C=O) groups is 1. The van der Waals surface area contributed by atoms with Crippen LogP contribution in [0.5, 0.6) is 0 Å². The van der Waals surface area contributed by atoms with Crippen molar-refractivity contribution in [1.29, 1.82) is 0 Å². The molecule has 4 nitrogen and oxygen atoms in total. The van der Waals surface area contributed by atoms with Gasteiger partial charge in [-0.15, -0.1) is 0 Å². The molecule has 1 rings (SSSR count). The van der Waals surface area contributed by atoms with Crippen LogP contribution in [0.2, 0.25) is 0 Å². The Balaban J connectivity index is 2.61. The fraction of sp³-hybridized carbons (Fsp3) is 0.714. The number of aliphatic hydroxyl groups excluding tert-OH is 1. The maximum Gasteiger partial charge on any atom is 0.167 e.